The second-order valence-electron chi connectivity index (χ2n) is 7.22. The van der Waals surface area contributed by atoms with Gasteiger partial charge in [0, 0.05) is 39.7 Å². The van der Waals surface area contributed by atoms with Crippen LogP contribution in [0.1, 0.15) is 43.6 Å². The first kappa shape index (κ1) is 21.5. The molecule has 4 rings (SSSR count). The van der Waals surface area contributed by atoms with E-state index >= 15 is 0 Å². The molecule has 0 aliphatic heterocycles. The van der Waals surface area contributed by atoms with Gasteiger partial charge in [0.15, 0.2) is 5.75 Å². The van der Waals surface area contributed by atoms with E-state index in [9.17, 15) is 9.59 Å². The van der Waals surface area contributed by atoms with Crippen molar-refractivity contribution < 1.29 is 4.74 Å². The molecule has 4 aromatic rings. The SMILES string of the molecule is CCCOc1c[nH]c(Cn2c(CC)nc3sc(CC)c(-c4cccs4)c3c2=O)cc1=O. The van der Waals surface area contributed by atoms with E-state index in [1.54, 1.807) is 33.4 Å². The van der Waals surface area contributed by atoms with Crippen molar-refractivity contribution in [1.29, 1.82) is 0 Å². The molecule has 162 valence electrons. The number of aromatic nitrogens is 3. The van der Waals surface area contributed by atoms with E-state index in [0.29, 0.717) is 35.7 Å². The Kier molecular flexibility index (Phi) is 6.38. The van der Waals surface area contributed by atoms with Crippen LogP contribution in [-0.4, -0.2) is 21.1 Å². The summed E-state index contributed by atoms with van der Waals surface area (Å²) in [5.74, 6) is 1.01. The molecule has 0 radical (unpaired) electrons. The Labute approximate surface area is 188 Å². The van der Waals surface area contributed by atoms with Gasteiger partial charge in [0.25, 0.3) is 5.56 Å². The van der Waals surface area contributed by atoms with Crippen LogP contribution in [0.4, 0.5) is 0 Å². The maximum absolute atomic E-state index is 13.7. The van der Waals surface area contributed by atoms with Crippen LogP contribution in [0.5, 0.6) is 5.75 Å². The number of fused-ring (bicyclic) bond motifs is 1. The first-order chi connectivity index (χ1) is 15.1. The lowest BCUT2D eigenvalue weighted by molar-refractivity contribution is 0.313. The quantitative estimate of drug-likeness (QED) is 0.413. The standard InChI is InChI=1S/C23H25N3O3S2/c1-4-9-29-16-12-24-14(11-15(16)27)13-26-19(6-3)25-22-21(23(26)28)20(17(5-2)31-22)18-8-7-10-30-18/h7-8,10-12H,4-6,9,13H2,1-3H3,(H,24,27). The van der Waals surface area contributed by atoms with Crippen molar-refractivity contribution in [3.05, 3.63) is 66.7 Å². The highest BCUT2D eigenvalue weighted by atomic mass is 32.1. The van der Waals surface area contributed by atoms with E-state index in [4.69, 9.17) is 9.72 Å². The molecule has 0 fully saturated rings. The third kappa shape index (κ3) is 4.09. The summed E-state index contributed by atoms with van der Waals surface area (Å²) in [6.45, 7) is 6.83. The minimum Gasteiger partial charge on any atom is -0.488 e. The maximum Gasteiger partial charge on any atom is 0.263 e. The van der Waals surface area contributed by atoms with Crippen molar-refractivity contribution in [3.63, 3.8) is 0 Å². The fraction of sp³-hybridized carbons (Fsp3) is 0.348. The Morgan fingerprint density at radius 2 is 2.03 bits per heavy atom. The molecule has 0 aromatic carbocycles. The zero-order chi connectivity index (χ0) is 22.0. The second kappa shape index (κ2) is 9.20. The Morgan fingerprint density at radius 1 is 1.19 bits per heavy atom. The van der Waals surface area contributed by atoms with Crippen molar-refractivity contribution in [2.24, 2.45) is 0 Å². The summed E-state index contributed by atoms with van der Waals surface area (Å²) in [6.07, 6.45) is 3.88. The number of nitrogens with zero attached hydrogens (tertiary/aromatic N) is 2. The van der Waals surface area contributed by atoms with E-state index in [0.717, 1.165) is 28.1 Å². The van der Waals surface area contributed by atoms with Gasteiger partial charge < -0.3 is 9.72 Å². The van der Waals surface area contributed by atoms with E-state index in [2.05, 4.69) is 18.0 Å². The average Bonchev–Trinajstić information content (AvgIpc) is 3.42. The van der Waals surface area contributed by atoms with Gasteiger partial charge in [-0.05, 0) is 24.3 Å². The van der Waals surface area contributed by atoms with Gasteiger partial charge in [0.1, 0.15) is 10.7 Å². The highest BCUT2D eigenvalue weighted by molar-refractivity contribution is 7.20. The first-order valence-electron chi connectivity index (χ1n) is 10.5. The molecule has 0 saturated carbocycles. The van der Waals surface area contributed by atoms with Crippen molar-refractivity contribution in [3.8, 4) is 16.2 Å². The largest absolute Gasteiger partial charge is 0.488 e. The molecule has 8 heteroatoms. The number of H-pyrrole nitrogens is 1. The summed E-state index contributed by atoms with van der Waals surface area (Å²) >= 11 is 3.23. The summed E-state index contributed by atoms with van der Waals surface area (Å²) in [5.41, 5.74) is 1.40. The van der Waals surface area contributed by atoms with E-state index in [1.165, 1.54) is 10.9 Å². The van der Waals surface area contributed by atoms with Crippen molar-refractivity contribution >= 4 is 32.9 Å². The number of pyridine rings is 1. The third-order valence-electron chi connectivity index (χ3n) is 5.10. The van der Waals surface area contributed by atoms with Gasteiger partial charge >= 0.3 is 0 Å². The lowest BCUT2D eigenvalue weighted by Crippen LogP contribution is -2.26. The molecule has 0 saturated heterocycles. The van der Waals surface area contributed by atoms with Gasteiger partial charge in [0.05, 0.1) is 18.5 Å². The van der Waals surface area contributed by atoms with E-state index < -0.39 is 0 Å². The predicted molar refractivity (Wildman–Crippen MR) is 128 cm³/mol. The average molecular weight is 456 g/mol. The molecule has 1 N–H and O–H groups in total. The number of aromatic amines is 1. The van der Waals surface area contributed by atoms with Crippen molar-refractivity contribution in [2.75, 3.05) is 6.61 Å². The summed E-state index contributed by atoms with van der Waals surface area (Å²) in [6, 6.07) is 5.56. The molecule has 0 aliphatic rings. The van der Waals surface area contributed by atoms with Crippen LogP contribution < -0.4 is 15.7 Å². The maximum atomic E-state index is 13.7. The number of nitrogens with one attached hydrogen (secondary N) is 1. The van der Waals surface area contributed by atoms with Crippen LogP contribution in [0.3, 0.4) is 0 Å². The fourth-order valence-corrected chi connectivity index (χ4v) is 5.63. The molecular formula is C23H25N3O3S2. The molecule has 31 heavy (non-hydrogen) atoms. The van der Waals surface area contributed by atoms with Crippen molar-refractivity contribution in [1.82, 2.24) is 14.5 Å². The fourth-order valence-electron chi connectivity index (χ4n) is 3.62. The minimum atomic E-state index is -0.189. The molecule has 4 aromatic heterocycles. The van der Waals surface area contributed by atoms with Crippen LogP contribution in [0, 0.1) is 0 Å². The van der Waals surface area contributed by atoms with Gasteiger partial charge in [-0.2, -0.15) is 0 Å². The molecule has 6 nitrogen and oxygen atoms in total. The van der Waals surface area contributed by atoms with Gasteiger partial charge in [-0.3, -0.25) is 14.2 Å². The van der Waals surface area contributed by atoms with Gasteiger partial charge in [0.2, 0.25) is 5.43 Å². The van der Waals surface area contributed by atoms with Crippen LogP contribution in [0.15, 0.2) is 39.4 Å². The summed E-state index contributed by atoms with van der Waals surface area (Å²) < 4.78 is 7.15. The smallest absolute Gasteiger partial charge is 0.263 e. The highest BCUT2D eigenvalue weighted by Gasteiger charge is 2.21. The lowest BCUT2D eigenvalue weighted by Gasteiger charge is -2.12. The summed E-state index contributed by atoms with van der Waals surface area (Å²) in [7, 11) is 0. The lowest BCUT2D eigenvalue weighted by atomic mass is 10.1. The van der Waals surface area contributed by atoms with Crippen LogP contribution >= 0.6 is 22.7 Å². The molecule has 0 bridgehead atoms. The molecule has 0 spiro atoms. The van der Waals surface area contributed by atoms with E-state index in [-0.39, 0.29) is 17.5 Å². The Hall–Kier alpha value is -2.71. The van der Waals surface area contributed by atoms with Gasteiger partial charge in [-0.1, -0.05) is 26.8 Å². The zero-order valence-electron chi connectivity index (χ0n) is 17.9. The summed E-state index contributed by atoms with van der Waals surface area (Å²) in [5, 5.41) is 2.70. The minimum absolute atomic E-state index is 0.0617. The number of ether oxygens (including phenoxy) is 1. The zero-order valence-corrected chi connectivity index (χ0v) is 19.5. The number of hydrogen-bond donors (Lipinski definition) is 1. The second-order valence-corrected chi connectivity index (χ2v) is 9.25. The molecule has 0 aliphatic carbocycles. The monoisotopic (exact) mass is 455 g/mol. The molecular weight excluding hydrogens is 430 g/mol. The molecule has 4 heterocycles. The normalized spacial score (nSPS) is 11.3. The Balaban J connectivity index is 1.84. The van der Waals surface area contributed by atoms with E-state index in [1.807, 2.05) is 25.3 Å². The third-order valence-corrected chi connectivity index (χ3v) is 7.21. The van der Waals surface area contributed by atoms with Gasteiger partial charge in [-0.25, -0.2) is 4.98 Å². The molecule has 0 atom stereocenters. The predicted octanol–water partition coefficient (Wildman–Crippen LogP) is 4.84. The highest BCUT2D eigenvalue weighted by Crippen LogP contribution is 2.38. The topological polar surface area (TPSA) is 77.0 Å². The number of thiophene rings is 2. The van der Waals surface area contributed by atoms with Crippen molar-refractivity contribution in [2.45, 2.75) is 46.6 Å². The number of hydrogen-bond acceptors (Lipinski definition) is 6. The Bertz CT molecular complexity index is 1320. The summed E-state index contributed by atoms with van der Waals surface area (Å²) in [4.78, 5) is 37.1. The van der Waals surface area contributed by atoms with Crippen LogP contribution in [-0.2, 0) is 19.4 Å². The number of rotatable bonds is 8. The van der Waals surface area contributed by atoms with Crippen LogP contribution in [0.2, 0.25) is 0 Å². The van der Waals surface area contributed by atoms with Crippen LogP contribution in [0.25, 0.3) is 20.7 Å². The molecule has 0 amide bonds. The Morgan fingerprint density at radius 3 is 2.68 bits per heavy atom. The number of aryl methyl sites for hydroxylation is 2. The molecule has 0 unspecified atom stereocenters. The van der Waals surface area contributed by atoms with Gasteiger partial charge in [-0.15, -0.1) is 22.7 Å². The first-order valence-corrected chi connectivity index (χ1v) is 12.2.